The number of rotatable bonds is 5. The third kappa shape index (κ3) is 4.35. The van der Waals surface area contributed by atoms with Crippen LogP contribution in [0.1, 0.15) is 26.7 Å². The Bertz CT molecular complexity index is 341. The minimum absolute atomic E-state index is 0.00239. The number of esters is 2. The molecule has 18 heavy (non-hydrogen) atoms. The highest BCUT2D eigenvalue weighted by atomic mass is 16.6. The van der Waals surface area contributed by atoms with Crippen molar-refractivity contribution >= 4 is 17.8 Å². The number of ether oxygens (including phenoxy) is 2. The van der Waals surface area contributed by atoms with Crippen LogP contribution in [0.2, 0.25) is 0 Å². The zero-order valence-corrected chi connectivity index (χ0v) is 11.0. The van der Waals surface area contributed by atoms with E-state index in [1.54, 1.807) is 11.9 Å². The van der Waals surface area contributed by atoms with Gasteiger partial charge >= 0.3 is 11.9 Å². The van der Waals surface area contributed by atoms with Gasteiger partial charge in [0.25, 0.3) is 0 Å². The summed E-state index contributed by atoms with van der Waals surface area (Å²) in [5, 5.41) is 0. The molecule has 0 bridgehead atoms. The van der Waals surface area contributed by atoms with Gasteiger partial charge in [0.15, 0.2) is 0 Å². The van der Waals surface area contributed by atoms with Crippen LogP contribution in [-0.2, 0) is 23.9 Å². The first-order chi connectivity index (χ1) is 8.40. The Labute approximate surface area is 106 Å². The second kappa shape index (κ2) is 6.37. The fraction of sp³-hybridized carbons (Fsp3) is 0.750. The van der Waals surface area contributed by atoms with E-state index in [0.717, 1.165) is 6.42 Å². The molecule has 1 amide bonds. The summed E-state index contributed by atoms with van der Waals surface area (Å²) in [7, 11) is 1.75. The van der Waals surface area contributed by atoms with E-state index in [9.17, 15) is 14.4 Å². The van der Waals surface area contributed by atoms with Gasteiger partial charge in [-0.3, -0.25) is 14.4 Å². The van der Waals surface area contributed by atoms with E-state index in [4.69, 9.17) is 9.47 Å². The van der Waals surface area contributed by atoms with Crippen LogP contribution in [0.25, 0.3) is 0 Å². The summed E-state index contributed by atoms with van der Waals surface area (Å²) in [6.07, 6.45) is 0.593. The molecule has 102 valence electrons. The molecule has 0 radical (unpaired) electrons. The van der Waals surface area contributed by atoms with Gasteiger partial charge in [-0.15, -0.1) is 0 Å². The predicted molar refractivity (Wildman–Crippen MR) is 62.5 cm³/mol. The summed E-state index contributed by atoms with van der Waals surface area (Å²) < 4.78 is 9.90. The van der Waals surface area contributed by atoms with Gasteiger partial charge in [0.05, 0.1) is 0 Å². The molecule has 6 heteroatoms. The summed E-state index contributed by atoms with van der Waals surface area (Å²) >= 11 is 0. The Morgan fingerprint density at radius 3 is 2.50 bits per heavy atom. The minimum Gasteiger partial charge on any atom is -0.462 e. The standard InChI is InChI=1S/C12H19NO5/c1-8(14)17-7-11(18-9(2)15)6-10-4-5-13(3)12(10)16/h10-11H,4-7H2,1-3H3. The van der Waals surface area contributed by atoms with Gasteiger partial charge in [-0.1, -0.05) is 0 Å². The lowest BCUT2D eigenvalue weighted by Gasteiger charge is -2.19. The van der Waals surface area contributed by atoms with Gasteiger partial charge in [0.1, 0.15) is 12.7 Å². The second-order valence-electron chi connectivity index (χ2n) is 4.52. The number of carbonyl (C=O) groups excluding carboxylic acids is 3. The zero-order valence-electron chi connectivity index (χ0n) is 11.0. The molecule has 1 fully saturated rings. The van der Waals surface area contributed by atoms with Gasteiger partial charge in [-0.2, -0.15) is 0 Å². The normalized spacial score (nSPS) is 20.7. The van der Waals surface area contributed by atoms with Gasteiger partial charge < -0.3 is 14.4 Å². The maximum Gasteiger partial charge on any atom is 0.303 e. The minimum atomic E-state index is -0.549. The van der Waals surface area contributed by atoms with Crippen molar-refractivity contribution in [1.29, 1.82) is 0 Å². The lowest BCUT2D eigenvalue weighted by molar-refractivity contribution is -0.157. The van der Waals surface area contributed by atoms with Crippen molar-refractivity contribution in [2.24, 2.45) is 5.92 Å². The third-order valence-corrected chi connectivity index (χ3v) is 2.89. The summed E-state index contributed by atoms with van der Waals surface area (Å²) in [5.41, 5.74) is 0. The van der Waals surface area contributed by atoms with Gasteiger partial charge in [-0.25, -0.2) is 0 Å². The average Bonchev–Trinajstić information content (AvgIpc) is 2.57. The van der Waals surface area contributed by atoms with E-state index in [2.05, 4.69) is 0 Å². The predicted octanol–water partition coefficient (Wildman–Crippen LogP) is 0.350. The molecule has 0 saturated carbocycles. The first kappa shape index (κ1) is 14.5. The van der Waals surface area contributed by atoms with Crippen LogP contribution in [0, 0.1) is 5.92 Å². The smallest absolute Gasteiger partial charge is 0.303 e. The van der Waals surface area contributed by atoms with Gasteiger partial charge in [-0.05, 0) is 12.8 Å². The highest BCUT2D eigenvalue weighted by Crippen LogP contribution is 2.22. The molecule has 1 aliphatic rings. The van der Waals surface area contributed by atoms with E-state index >= 15 is 0 Å². The Hall–Kier alpha value is -1.59. The Morgan fingerprint density at radius 2 is 2.06 bits per heavy atom. The monoisotopic (exact) mass is 257 g/mol. The molecule has 2 unspecified atom stereocenters. The molecule has 1 rings (SSSR count). The highest BCUT2D eigenvalue weighted by molar-refractivity contribution is 5.80. The molecular formula is C12H19NO5. The molecule has 6 nitrogen and oxygen atoms in total. The van der Waals surface area contributed by atoms with Gasteiger partial charge in [0, 0.05) is 33.4 Å². The average molecular weight is 257 g/mol. The van der Waals surface area contributed by atoms with Crippen LogP contribution in [0.5, 0.6) is 0 Å². The van der Waals surface area contributed by atoms with E-state index in [1.807, 2.05) is 0 Å². The molecule has 0 N–H and O–H groups in total. The summed E-state index contributed by atoms with van der Waals surface area (Å²) in [4.78, 5) is 35.1. The Balaban J connectivity index is 2.52. The first-order valence-corrected chi connectivity index (χ1v) is 5.95. The van der Waals surface area contributed by atoms with Crippen LogP contribution >= 0.6 is 0 Å². The van der Waals surface area contributed by atoms with Crippen LogP contribution < -0.4 is 0 Å². The third-order valence-electron chi connectivity index (χ3n) is 2.89. The molecule has 2 atom stereocenters. The van der Waals surface area contributed by atoms with Crippen molar-refractivity contribution < 1.29 is 23.9 Å². The van der Waals surface area contributed by atoms with Crippen molar-refractivity contribution in [3.63, 3.8) is 0 Å². The Kier molecular flexibility index (Phi) is 5.12. The molecule has 1 aliphatic heterocycles. The van der Waals surface area contributed by atoms with Crippen molar-refractivity contribution in [2.75, 3.05) is 20.2 Å². The quantitative estimate of drug-likeness (QED) is 0.664. The van der Waals surface area contributed by atoms with E-state index in [1.165, 1.54) is 13.8 Å². The summed E-state index contributed by atoms with van der Waals surface area (Å²) in [5.74, 6) is -0.974. The molecule has 1 saturated heterocycles. The number of hydrogen-bond donors (Lipinski definition) is 0. The molecule has 0 aromatic carbocycles. The number of amides is 1. The molecule has 0 spiro atoms. The van der Waals surface area contributed by atoms with Crippen LogP contribution in [0.4, 0.5) is 0 Å². The number of carbonyl (C=O) groups is 3. The van der Waals surface area contributed by atoms with Crippen molar-refractivity contribution in [1.82, 2.24) is 4.90 Å². The maximum atomic E-state index is 11.7. The van der Waals surface area contributed by atoms with Crippen LogP contribution in [0.15, 0.2) is 0 Å². The zero-order chi connectivity index (χ0) is 13.7. The number of nitrogens with zero attached hydrogens (tertiary/aromatic N) is 1. The molecule has 0 aromatic heterocycles. The van der Waals surface area contributed by atoms with Gasteiger partial charge in [0.2, 0.25) is 5.91 Å². The second-order valence-corrected chi connectivity index (χ2v) is 4.52. The summed E-state index contributed by atoms with van der Waals surface area (Å²) in [6.45, 7) is 3.30. The van der Waals surface area contributed by atoms with Crippen molar-refractivity contribution in [2.45, 2.75) is 32.8 Å². The maximum absolute atomic E-state index is 11.7. The van der Waals surface area contributed by atoms with Crippen LogP contribution in [0.3, 0.4) is 0 Å². The SMILES string of the molecule is CC(=O)OCC(CC1CCN(C)C1=O)OC(C)=O. The number of likely N-dealkylation sites (tertiary alicyclic amines) is 1. The lowest BCUT2D eigenvalue weighted by atomic mass is 10.0. The fourth-order valence-electron chi connectivity index (χ4n) is 2.03. The number of hydrogen-bond acceptors (Lipinski definition) is 5. The largest absolute Gasteiger partial charge is 0.462 e. The van der Waals surface area contributed by atoms with E-state index in [-0.39, 0.29) is 18.4 Å². The highest BCUT2D eigenvalue weighted by Gasteiger charge is 2.32. The fourth-order valence-corrected chi connectivity index (χ4v) is 2.03. The molecule has 0 aliphatic carbocycles. The topological polar surface area (TPSA) is 72.9 Å². The van der Waals surface area contributed by atoms with Crippen molar-refractivity contribution in [3.05, 3.63) is 0 Å². The lowest BCUT2D eigenvalue weighted by Crippen LogP contribution is -2.30. The summed E-state index contributed by atoms with van der Waals surface area (Å²) in [6, 6.07) is 0. The molecular weight excluding hydrogens is 238 g/mol. The van der Waals surface area contributed by atoms with E-state index in [0.29, 0.717) is 13.0 Å². The van der Waals surface area contributed by atoms with Crippen LogP contribution in [-0.4, -0.2) is 49.0 Å². The Morgan fingerprint density at radius 1 is 1.39 bits per heavy atom. The molecule has 1 heterocycles. The van der Waals surface area contributed by atoms with Crippen molar-refractivity contribution in [3.8, 4) is 0 Å². The molecule has 0 aromatic rings. The first-order valence-electron chi connectivity index (χ1n) is 5.95. The van der Waals surface area contributed by atoms with E-state index < -0.39 is 18.0 Å².